The summed E-state index contributed by atoms with van der Waals surface area (Å²) in [5.74, 6) is -0.369. The fraction of sp³-hybridized carbons (Fsp3) is 0.0500. The molecule has 0 saturated heterocycles. The van der Waals surface area contributed by atoms with Crippen LogP contribution in [-0.2, 0) is 4.74 Å². The Morgan fingerprint density at radius 1 is 1.15 bits per heavy atom. The molecule has 2 aromatic carbocycles. The smallest absolute Gasteiger partial charge is 0.344 e. The summed E-state index contributed by atoms with van der Waals surface area (Å²) in [7, 11) is 0. The number of nitrogen functional groups attached to an aromatic ring is 1. The molecule has 0 fully saturated rings. The molecular formula is C20H15ClN4O2. The van der Waals surface area contributed by atoms with Crippen LogP contribution in [0.3, 0.4) is 0 Å². The number of carbonyl (C=O) groups excluding carboxylic acids is 1. The van der Waals surface area contributed by atoms with E-state index in [1.165, 1.54) is 6.08 Å². The van der Waals surface area contributed by atoms with Gasteiger partial charge in [-0.15, -0.1) is 0 Å². The van der Waals surface area contributed by atoms with E-state index < -0.39 is 5.97 Å². The molecule has 0 unspecified atom stereocenters. The van der Waals surface area contributed by atoms with E-state index in [0.29, 0.717) is 32.9 Å². The molecule has 4 rings (SSSR count). The highest BCUT2D eigenvalue weighted by atomic mass is 35.5. The number of rotatable bonds is 4. The third-order valence-electron chi connectivity index (χ3n) is 4.12. The maximum Gasteiger partial charge on any atom is 0.344 e. The predicted molar refractivity (Wildman–Crippen MR) is 106 cm³/mol. The van der Waals surface area contributed by atoms with Crippen LogP contribution in [0.1, 0.15) is 10.4 Å². The molecule has 27 heavy (non-hydrogen) atoms. The molecule has 0 radical (unpaired) electrons. The Morgan fingerprint density at radius 3 is 2.48 bits per heavy atom. The van der Waals surface area contributed by atoms with Gasteiger partial charge in [0, 0.05) is 10.7 Å². The van der Waals surface area contributed by atoms with E-state index in [1.54, 1.807) is 28.8 Å². The largest absolute Gasteiger partial charge is 0.458 e. The molecule has 0 aliphatic rings. The normalized spacial score (nSPS) is 11.0. The van der Waals surface area contributed by atoms with E-state index in [9.17, 15) is 4.79 Å². The molecule has 0 aliphatic carbocycles. The molecule has 0 aliphatic heterocycles. The van der Waals surface area contributed by atoms with Crippen molar-refractivity contribution in [1.82, 2.24) is 14.5 Å². The van der Waals surface area contributed by atoms with Crippen molar-refractivity contribution in [2.75, 3.05) is 12.3 Å². The fourth-order valence-corrected chi connectivity index (χ4v) is 3.05. The van der Waals surface area contributed by atoms with Gasteiger partial charge in [-0.05, 0) is 36.4 Å². The number of hydrogen-bond donors (Lipinski definition) is 1. The van der Waals surface area contributed by atoms with Gasteiger partial charge in [-0.1, -0.05) is 36.4 Å². The summed E-state index contributed by atoms with van der Waals surface area (Å²) in [6, 6.07) is 14.5. The summed E-state index contributed by atoms with van der Waals surface area (Å²) in [6.45, 7) is 3.64. The van der Waals surface area contributed by atoms with Crippen LogP contribution in [0, 0.1) is 0 Å². The average Bonchev–Trinajstić information content (AvgIpc) is 2.96. The van der Waals surface area contributed by atoms with Crippen molar-refractivity contribution in [2.24, 2.45) is 0 Å². The van der Waals surface area contributed by atoms with Gasteiger partial charge < -0.3 is 10.5 Å². The Bertz CT molecular complexity index is 1180. The summed E-state index contributed by atoms with van der Waals surface area (Å²) >= 11 is 6.00. The van der Waals surface area contributed by atoms with Gasteiger partial charge in [-0.3, -0.25) is 4.57 Å². The minimum absolute atomic E-state index is 0.0763. The molecule has 0 bridgehead atoms. The highest BCUT2D eigenvalue weighted by molar-refractivity contribution is 6.30. The average molecular weight is 379 g/mol. The topological polar surface area (TPSA) is 83.0 Å². The van der Waals surface area contributed by atoms with Gasteiger partial charge >= 0.3 is 5.97 Å². The third-order valence-corrected chi connectivity index (χ3v) is 4.37. The first kappa shape index (κ1) is 17.1. The maximum atomic E-state index is 12.6. The van der Waals surface area contributed by atoms with E-state index in [-0.39, 0.29) is 18.0 Å². The molecule has 4 aromatic rings. The molecule has 0 spiro atoms. The van der Waals surface area contributed by atoms with Crippen molar-refractivity contribution in [1.29, 1.82) is 0 Å². The number of aromatic nitrogens is 3. The number of halogens is 1. The Morgan fingerprint density at radius 2 is 1.81 bits per heavy atom. The second-order valence-electron chi connectivity index (χ2n) is 5.84. The summed E-state index contributed by atoms with van der Waals surface area (Å²) in [5, 5.41) is 0.593. The molecule has 0 saturated carbocycles. The number of ether oxygens (including phenoxy) is 1. The van der Waals surface area contributed by atoms with Crippen LogP contribution < -0.4 is 5.73 Å². The Labute approximate surface area is 159 Å². The van der Waals surface area contributed by atoms with Crippen molar-refractivity contribution >= 4 is 45.6 Å². The zero-order valence-electron chi connectivity index (χ0n) is 14.2. The molecule has 2 N–H and O–H groups in total. The molecule has 0 amide bonds. The van der Waals surface area contributed by atoms with E-state index in [0.717, 1.165) is 0 Å². The zero-order valence-corrected chi connectivity index (χ0v) is 15.0. The van der Waals surface area contributed by atoms with E-state index in [1.807, 2.05) is 24.3 Å². The van der Waals surface area contributed by atoms with E-state index in [4.69, 9.17) is 22.1 Å². The summed E-state index contributed by atoms with van der Waals surface area (Å²) < 4.78 is 6.88. The number of nitrogens with two attached hydrogens (primary N) is 1. The first-order valence-corrected chi connectivity index (χ1v) is 8.58. The predicted octanol–water partition coefficient (Wildman–Crippen LogP) is 4.15. The van der Waals surface area contributed by atoms with Gasteiger partial charge in [0.2, 0.25) is 0 Å². The van der Waals surface area contributed by atoms with Gasteiger partial charge in [0.05, 0.1) is 11.0 Å². The number of fused-ring (bicyclic) bond motifs is 2. The lowest BCUT2D eigenvalue weighted by Gasteiger charge is -2.08. The molecule has 2 heterocycles. The second kappa shape index (κ2) is 6.74. The SMILES string of the molecule is C=CCOC(=O)c1c(N)n(-c2ccc(Cl)cc2)c2nc3ccccc3nc12. The van der Waals surface area contributed by atoms with Crippen molar-refractivity contribution in [2.45, 2.75) is 0 Å². The lowest BCUT2D eigenvalue weighted by molar-refractivity contribution is 0.0553. The lowest BCUT2D eigenvalue weighted by atomic mass is 10.2. The van der Waals surface area contributed by atoms with Crippen molar-refractivity contribution in [3.63, 3.8) is 0 Å². The quantitative estimate of drug-likeness (QED) is 0.426. The number of benzene rings is 2. The van der Waals surface area contributed by atoms with Gasteiger partial charge in [0.25, 0.3) is 0 Å². The van der Waals surface area contributed by atoms with Gasteiger partial charge in [0.1, 0.15) is 23.5 Å². The number of carbonyl (C=O) groups is 1. The number of esters is 1. The molecule has 7 heteroatoms. The van der Waals surface area contributed by atoms with Gasteiger partial charge in [-0.25, -0.2) is 14.8 Å². The van der Waals surface area contributed by atoms with Crippen molar-refractivity contribution in [3.05, 3.63) is 71.8 Å². The monoisotopic (exact) mass is 378 g/mol. The van der Waals surface area contributed by atoms with Gasteiger partial charge in [-0.2, -0.15) is 0 Å². The van der Waals surface area contributed by atoms with Crippen LogP contribution in [0.25, 0.3) is 27.9 Å². The lowest BCUT2D eigenvalue weighted by Crippen LogP contribution is -2.09. The minimum atomic E-state index is -0.574. The Hall–Kier alpha value is -3.38. The van der Waals surface area contributed by atoms with Gasteiger partial charge in [0.15, 0.2) is 5.65 Å². The maximum absolute atomic E-state index is 12.6. The molecule has 134 valence electrons. The van der Waals surface area contributed by atoms with Crippen LogP contribution >= 0.6 is 11.6 Å². The van der Waals surface area contributed by atoms with Crippen molar-refractivity contribution in [3.8, 4) is 5.69 Å². The standard InChI is InChI=1S/C20H15ClN4O2/c1-2-11-27-20(26)16-17-19(24-15-6-4-3-5-14(15)23-17)25(18(16)22)13-9-7-12(21)8-10-13/h2-10H,1,11,22H2. The van der Waals surface area contributed by atoms with E-state index in [2.05, 4.69) is 16.5 Å². The highest BCUT2D eigenvalue weighted by Gasteiger charge is 2.25. The zero-order chi connectivity index (χ0) is 19.0. The minimum Gasteiger partial charge on any atom is -0.458 e. The molecule has 2 aromatic heterocycles. The fourth-order valence-electron chi connectivity index (χ4n) is 2.92. The summed E-state index contributed by atoms with van der Waals surface area (Å²) in [5.41, 5.74) is 9.46. The van der Waals surface area contributed by atoms with Crippen LogP contribution in [0.15, 0.2) is 61.2 Å². The molecule has 6 nitrogen and oxygen atoms in total. The van der Waals surface area contributed by atoms with Crippen LogP contribution in [0.2, 0.25) is 5.02 Å². The highest BCUT2D eigenvalue weighted by Crippen LogP contribution is 2.31. The summed E-state index contributed by atoms with van der Waals surface area (Å²) in [4.78, 5) is 21.9. The first-order chi connectivity index (χ1) is 13.1. The third kappa shape index (κ3) is 2.90. The summed E-state index contributed by atoms with van der Waals surface area (Å²) in [6.07, 6.45) is 1.49. The van der Waals surface area contributed by atoms with E-state index >= 15 is 0 Å². The Kier molecular flexibility index (Phi) is 4.25. The number of para-hydroxylation sites is 2. The molecular weight excluding hydrogens is 364 g/mol. The number of hydrogen-bond acceptors (Lipinski definition) is 5. The van der Waals surface area contributed by atoms with Crippen LogP contribution in [0.5, 0.6) is 0 Å². The first-order valence-electron chi connectivity index (χ1n) is 8.21. The van der Waals surface area contributed by atoms with Crippen molar-refractivity contribution < 1.29 is 9.53 Å². The second-order valence-corrected chi connectivity index (χ2v) is 6.28. The Balaban J connectivity index is 2.05. The van der Waals surface area contributed by atoms with Crippen LogP contribution in [0.4, 0.5) is 5.82 Å². The van der Waals surface area contributed by atoms with Crippen LogP contribution in [-0.4, -0.2) is 27.1 Å². The number of nitrogens with zero attached hydrogens (tertiary/aromatic N) is 3. The number of anilines is 1. The molecule has 0 atom stereocenters.